The highest BCUT2D eigenvalue weighted by atomic mass is 32.2. The van der Waals surface area contributed by atoms with E-state index in [-0.39, 0.29) is 22.8 Å². The van der Waals surface area contributed by atoms with E-state index in [2.05, 4.69) is 4.98 Å². The van der Waals surface area contributed by atoms with Crippen molar-refractivity contribution in [2.75, 3.05) is 6.26 Å². The molecule has 4 atom stereocenters. The van der Waals surface area contributed by atoms with Crippen LogP contribution >= 0.6 is 11.3 Å². The number of carboxylic acid groups (broad SMARTS) is 1. The number of nitrogens with zero attached hydrogens (tertiary/aromatic N) is 4. The van der Waals surface area contributed by atoms with Crippen LogP contribution in [-0.2, 0) is 25.8 Å². The first-order valence-corrected chi connectivity index (χ1v) is 13.9. The van der Waals surface area contributed by atoms with Gasteiger partial charge in [-0.25, -0.2) is 18.2 Å². The minimum atomic E-state index is -3.66. The second-order valence-electron chi connectivity index (χ2n) is 9.60. The molecule has 1 saturated heterocycles. The highest BCUT2D eigenvalue weighted by Crippen LogP contribution is 2.59. The van der Waals surface area contributed by atoms with Crippen molar-refractivity contribution in [3.63, 3.8) is 0 Å². The summed E-state index contributed by atoms with van der Waals surface area (Å²) >= 11 is 1.05. The van der Waals surface area contributed by atoms with Gasteiger partial charge in [-0.1, -0.05) is 19.1 Å². The number of amides is 1. The number of benzene rings is 1. The molecule has 0 aliphatic carbocycles. The van der Waals surface area contributed by atoms with Gasteiger partial charge in [0.25, 0.3) is 5.69 Å². The van der Waals surface area contributed by atoms with Crippen LogP contribution in [0.1, 0.15) is 24.3 Å². The van der Waals surface area contributed by atoms with Crippen LogP contribution < -0.4 is 0 Å². The van der Waals surface area contributed by atoms with Gasteiger partial charge in [0, 0.05) is 35.6 Å². The Balaban J connectivity index is 1.72. The summed E-state index contributed by atoms with van der Waals surface area (Å²) in [7, 11) is -3.66. The van der Waals surface area contributed by atoms with E-state index in [4.69, 9.17) is 0 Å². The molecule has 14 heteroatoms. The van der Waals surface area contributed by atoms with Crippen LogP contribution in [-0.4, -0.2) is 68.1 Å². The number of carbonyl (C=O) groups is 2. The third-order valence-corrected chi connectivity index (χ3v) is 9.32. The standard InChI is InChI=1S/C23H22N4O8S2/c1-11(28)15-18-23(2,8-12-4-6-13(7-5-12)27(32)33)16(17(22(30)31)26(18)20(15)29)14-9-25-10-24-19(21(25)36-14)37(3,34)35/h4-7,9-11,15,18,28H,8H2,1-3H3,(H,30,31)/t11-,15-,18-,23+/m1/s1. The van der Waals surface area contributed by atoms with Gasteiger partial charge in [-0.2, -0.15) is 0 Å². The second kappa shape index (κ2) is 8.19. The Hall–Kier alpha value is -3.62. The Morgan fingerprint density at radius 1 is 1.32 bits per heavy atom. The van der Waals surface area contributed by atoms with E-state index in [9.17, 15) is 38.3 Å². The fourth-order valence-electron chi connectivity index (χ4n) is 5.56. The summed E-state index contributed by atoms with van der Waals surface area (Å²) in [4.78, 5) is 42.1. The molecule has 1 fully saturated rings. The largest absolute Gasteiger partial charge is 0.477 e. The molecular formula is C23H22N4O8S2. The number of non-ortho nitro benzene ring substituents is 1. The summed E-state index contributed by atoms with van der Waals surface area (Å²) in [6.45, 7) is 3.27. The molecule has 2 aliphatic rings. The van der Waals surface area contributed by atoms with Crippen LogP contribution in [0, 0.1) is 21.4 Å². The summed E-state index contributed by atoms with van der Waals surface area (Å²) in [5, 5.41) is 31.6. The van der Waals surface area contributed by atoms with Crippen LogP contribution in [0.15, 0.2) is 47.5 Å². The van der Waals surface area contributed by atoms with Crippen molar-refractivity contribution in [1.29, 1.82) is 0 Å². The van der Waals surface area contributed by atoms with E-state index in [0.717, 1.165) is 17.6 Å². The highest BCUT2D eigenvalue weighted by Gasteiger charge is 2.66. The monoisotopic (exact) mass is 546 g/mol. The predicted molar refractivity (Wildman–Crippen MR) is 131 cm³/mol. The molecule has 0 saturated carbocycles. The minimum Gasteiger partial charge on any atom is -0.477 e. The number of aliphatic hydroxyl groups excluding tert-OH is 1. The highest BCUT2D eigenvalue weighted by molar-refractivity contribution is 7.91. The van der Waals surface area contributed by atoms with E-state index in [1.807, 2.05) is 0 Å². The Morgan fingerprint density at radius 3 is 2.51 bits per heavy atom. The summed E-state index contributed by atoms with van der Waals surface area (Å²) < 4.78 is 26.0. The Bertz CT molecular complexity index is 1620. The molecule has 0 spiro atoms. The van der Waals surface area contributed by atoms with Crippen molar-refractivity contribution in [2.24, 2.45) is 11.3 Å². The van der Waals surface area contributed by atoms with Crippen molar-refractivity contribution in [2.45, 2.75) is 37.4 Å². The molecule has 37 heavy (non-hydrogen) atoms. The number of β-lactam (4-membered cyclic amide) rings is 1. The number of hydrogen-bond acceptors (Lipinski definition) is 9. The fraction of sp³-hybridized carbons (Fsp3) is 0.348. The number of aromatic nitrogens is 2. The topological polar surface area (TPSA) is 172 Å². The molecule has 5 rings (SSSR count). The number of aliphatic hydroxyl groups is 1. The number of aliphatic carboxylic acids is 1. The van der Waals surface area contributed by atoms with E-state index in [1.54, 1.807) is 25.3 Å². The maximum absolute atomic E-state index is 13.0. The van der Waals surface area contributed by atoms with Gasteiger partial charge in [0.2, 0.25) is 5.91 Å². The Kier molecular flexibility index (Phi) is 5.55. The lowest BCUT2D eigenvalue weighted by Crippen LogP contribution is -2.66. The van der Waals surface area contributed by atoms with Gasteiger partial charge < -0.3 is 15.1 Å². The number of rotatable bonds is 7. The van der Waals surface area contributed by atoms with E-state index in [0.29, 0.717) is 20.8 Å². The van der Waals surface area contributed by atoms with Gasteiger partial charge in [-0.05, 0) is 18.9 Å². The predicted octanol–water partition coefficient (Wildman–Crippen LogP) is 1.97. The maximum Gasteiger partial charge on any atom is 0.352 e. The Labute approximate surface area is 214 Å². The summed E-state index contributed by atoms with van der Waals surface area (Å²) in [5.41, 5.74) is -0.356. The molecule has 0 bridgehead atoms. The number of fused-ring (bicyclic) bond motifs is 2. The summed E-state index contributed by atoms with van der Waals surface area (Å²) in [6, 6.07) is 5.17. The molecular weight excluding hydrogens is 524 g/mol. The number of sulfone groups is 1. The number of hydrogen-bond donors (Lipinski definition) is 2. The van der Waals surface area contributed by atoms with Crippen LogP contribution in [0.3, 0.4) is 0 Å². The summed E-state index contributed by atoms with van der Waals surface area (Å²) in [6.07, 6.45) is 3.11. The van der Waals surface area contributed by atoms with E-state index in [1.165, 1.54) is 34.7 Å². The van der Waals surface area contributed by atoms with Crippen LogP contribution in [0.2, 0.25) is 0 Å². The van der Waals surface area contributed by atoms with Gasteiger partial charge in [-0.3, -0.25) is 19.3 Å². The smallest absolute Gasteiger partial charge is 0.352 e. The normalized spacial score (nSPS) is 24.3. The number of carboxylic acids is 1. The molecule has 0 radical (unpaired) electrons. The first-order valence-electron chi connectivity index (χ1n) is 11.1. The van der Waals surface area contributed by atoms with Crippen molar-refractivity contribution in [1.82, 2.24) is 14.3 Å². The fourth-order valence-corrected chi connectivity index (χ4v) is 7.95. The SMILES string of the molecule is C[C@@H](O)[C@H]1C(=O)N2C(C(=O)O)=C(c3cn4cnc(S(C)(=O)=O)c4s3)[C@](C)(Cc3ccc([N+](=O)[O-])cc3)[C@@H]12. The number of thiazole rings is 1. The lowest BCUT2D eigenvalue weighted by Gasteiger charge is -2.51. The second-order valence-corrected chi connectivity index (χ2v) is 12.6. The van der Waals surface area contributed by atoms with Crippen molar-refractivity contribution < 1.29 is 33.1 Å². The van der Waals surface area contributed by atoms with Gasteiger partial charge in [0.05, 0.1) is 27.9 Å². The van der Waals surface area contributed by atoms with Gasteiger partial charge >= 0.3 is 5.97 Å². The van der Waals surface area contributed by atoms with Crippen LogP contribution in [0.25, 0.3) is 10.4 Å². The molecule has 3 aromatic rings. The zero-order valence-corrected chi connectivity index (χ0v) is 21.5. The molecule has 1 aromatic carbocycles. The molecule has 0 unspecified atom stereocenters. The zero-order valence-electron chi connectivity index (χ0n) is 19.9. The van der Waals surface area contributed by atoms with Crippen molar-refractivity contribution in [3.8, 4) is 0 Å². The van der Waals surface area contributed by atoms with Gasteiger partial charge in [0.1, 0.15) is 16.9 Å². The van der Waals surface area contributed by atoms with Crippen LogP contribution in [0.4, 0.5) is 5.69 Å². The van der Waals surface area contributed by atoms with Crippen molar-refractivity contribution in [3.05, 3.63) is 63.0 Å². The molecule has 2 aliphatic heterocycles. The van der Waals surface area contributed by atoms with E-state index >= 15 is 0 Å². The quantitative estimate of drug-likeness (QED) is 0.255. The average Bonchev–Trinajstić information content (AvgIpc) is 3.42. The molecule has 4 heterocycles. The maximum atomic E-state index is 13.0. The average molecular weight is 547 g/mol. The van der Waals surface area contributed by atoms with Gasteiger partial charge in [-0.15, -0.1) is 11.3 Å². The molecule has 12 nitrogen and oxygen atoms in total. The third kappa shape index (κ3) is 3.66. The summed E-state index contributed by atoms with van der Waals surface area (Å²) in [5.74, 6) is -2.69. The molecule has 2 aromatic heterocycles. The zero-order chi connectivity index (χ0) is 27.0. The lowest BCUT2D eigenvalue weighted by molar-refractivity contribution is -0.384. The first kappa shape index (κ1) is 25.0. The number of nitro groups is 1. The lowest BCUT2D eigenvalue weighted by atomic mass is 9.64. The third-order valence-electron chi connectivity index (χ3n) is 7.06. The van der Waals surface area contributed by atoms with Crippen LogP contribution in [0.5, 0.6) is 0 Å². The minimum absolute atomic E-state index is 0.0983. The van der Waals surface area contributed by atoms with Crippen molar-refractivity contribution >= 4 is 49.1 Å². The van der Waals surface area contributed by atoms with E-state index < -0.39 is 50.1 Å². The Morgan fingerprint density at radius 2 is 1.97 bits per heavy atom. The van der Waals surface area contributed by atoms with Gasteiger partial charge in [0.15, 0.2) is 14.9 Å². The number of nitro benzene ring substituents is 1. The molecule has 194 valence electrons. The molecule has 2 N–H and O–H groups in total. The number of imidazole rings is 1. The molecule has 1 amide bonds. The number of carbonyl (C=O) groups excluding carboxylic acids is 1. The first-order chi connectivity index (χ1) is 17.3.